The maximum absolute atomic E-state index is 3.09. The Morgan fingerprint density at radius 3 is 1.28 bits per heavy atom. The van der Waals surface area contributed by atoms with Gasteiger partial charge in [-0.15, -0.1) is 0 Å². The molecule has 0 N–H and O–H groups in total. The molecule has 160 valence electrons. The maximum atomic E-state index is 3.09. The second kappa shape index (κ2) is 9.12. The molecule has 7 heteroatoms. The summed E-state index contributed by atoms with van der Waals surface area (Å²) >= 11 is 0. The van der Waals surface area contributed by atoms with E-state index < -0.39 is 25.8 Å². The van der Waals surface area contributed by atoms with E-state index in [-0.39, 0.29) is 40.4 Å². The Hall–Kier alpha value is 0.431. The molecule has 1 aliphatic heterocycles. The van der Waals surface area contributed by atoms with Gasteiger partial charge in [0.05, 0.1) is 16.5 Å². The van der Waals surface area contributed by atoms with Crippen molar-refractivity contribution in [1.29, 1.82) is 0 Å². The van der Waals surface area contributed by atoms with Gasteiger partial charge in [-0.05, 0) is 36.1 Å². The first-order valence-electron chi connectivity index (χ1n) is 10.7. The summed E-state index contributed by atoms with van der Waals surface area (Å²) in [6.07, 6.45) is 0. The van der Waals surface area contributed by atoms with E-state index in [2.05, 4.69) is 118 Å². The molecule has 0 saturated carbocycles. The third kappa shape index (κ3) is 6.96. The van der Waals surface area contributed by atoms with Crippen molar-refractivity contribution in [2.75, 3.05) is 22.2 Å². The van der Waals surface area contributed by atoms with Gasteiger partial charge in [0.2, 0.25) is 0 Å². The van der Waals surface area contributed by atoms with Crippen molar-refractivity contribution in [3.8, 4) is 0 Å². The van der Waals surface area contributed by atoms with Crippen molar-refractivity contribution in [2.45, 2.75) is 80.8 Å². The number of rotatable bonds is 5. The number of nitrogens with zero attached hydrogens (tertiary/aromatic N) is 3. The molecule has 0 atom stereocenters. The van der Waals surface area contributed by atoms with E-state index in [9.17, 15) is 0 Å². The average Bonchev–Trinajstić information content (AvgIpc) is 2.68. The zero-order chi connectivity index (χ0) is 21.7. The third-order valence-electron chi connectivity index (χ3n) is 4.75. The largest absolute Gasteiger partial charge is 1.00 e. The number of hydrogen-bond acceptors (Lipinski definition) is 3. The fraction of sp³-hybridized carbons (Fsp3) is 0.727. The molecule has 2 rings (SSSR count). The quantitative estimate of drug-likeness (QED) is 0.628. The van der Waals surface area contributed by atoms with E-state index in [1.807, 2.05) is 0 Å². The molecule has 3 nitrogen and oxygen atoms in total. The normalized spacial score (nSPS) is 16.3. The van der Waals surface area contributed by atoms with Crippen LogP contribution in [0.15, 0.2) is 24.3 Å². The van der Waals surface area contributed by atoms with Gasteiger partial charge in [0, 0.05) is 20.7 Å². The maximum Gasteiger partial charge on any atom is 1.00 e. The Morgan fingerprint density at radius 2 is 1.03 bits per heavy atom. The van der Waals surface area contributed by atoms with Crippen LogP contribution in [0.5, 0.6) is 0 Å². The molecule has 0 fully saturated rings. The Bertz CT molecular complexity index is 627. The molecule has 0 bridgehead atoms. The molecule has 1 aliphatic rings. The summed E-state index contributed by atoms with van der Waals surface area (Å²) in [5, 5.41) is 0. The van der Waals surface area contributed by atoms with Gasteiger partial charge >= 0.3 is 29.6 Å². The van der Waals surface area contributed by atoms with Crippen LogP contribution in [-0.2, 0) is 0 Å². The first-order chi connectivity index (χ1) is 12.4. The number of para-hydroxylation sites is 2. The monoisotopic (exact) mass is 457 g/mol. The van der Waals surface area contributed by atoms with E-state index in [0.29, 0.717) is 0 Å². The molecular weight excluding hydrogens is 414 g/mol. The van der Waals surface area contributed by atoms with Crippen LogP contribution < -0.4 is 38.7 Å². The SMILES string of the molecule is CC(C)(C)CN1c2ccccc2N(CC(C)(C)C)[Si-]1N([Si](C)(C)C)[Si](C)(C)C.[Na+]. The minimum atomic E-state index is -1.50. The molecule has 0 amide bonds. The Morgan fingerprint density at radius 1 is 0.724 bits per heavy atom. The second-order valence-electron chi connectivity index (χ2n) is 12.8. The first-order valence-corrected chi connectivity index (χ1v) is 19.0. The summed E-state index contributed by atoms with van der Waals surface area (Å²) in [7, 11) is -4.05. The minimum absolute atomic E-state index is 0. The van der Waals surface area contributed by atoms with Crippen LogP contribution in [0.4, 0.5) is 11.4 Å². The number of fused-ring (bicyclic) bond motifs is 1. The van der Waals surface area contributed by atoms with E-state index in [4.69, 9.17) is 0 Å². The van der Waals surface area contributed by atoms with E-state index in [0.717, 1.165) is 13.1 Å². The Labute approximate surface area is 207 Å². The first kappa shape index (κ1) is 27.5. The standard InChI is InChI=1S/C22H44N3Si3.Na/c1-21(2,3)17-23-19-15-13-14-16-20(19)24(18-22(4,5)6)26(23)25(27(7,8)9)28(10,11)12;/h13-16H,17-18H2,1-12H3;/q-1;+1. The van der Waals surface area contributed by atoms with Gasteiger partial charge in [-0.1, -0.05) is 93.0 Å². The average molecular weight is 458 g/mol. The van der Waals surface area contributed by atoms with Crippen molar-refractivity contribution in [1.82, 2.24) is 3.90 Å². The fourth-order valence-corrected chi connectivity index (χ4v) is 21.5. The van der Waals surface area contributed by atoms with Gasteiger partial charge in [-0.3, -0.25) is 0 Å². The van der Waals surface area contributed by atoms with Gasteiger partial charge in [0.25, 0.3) is 0 Å². The summed E-state index contributed by atoms with van der Waals surface area (Å²) in [6, 6.07) is 9.17. The zero-order valence-electron chi connectivity index (χ0n) is 21.6. The van der Waals surface area contributed by atoms with Gasteiger partial charge in [0.1, 0.15) is 0 Å². The molecule has 0 unspecified atom stereocenters. The van der Waals surface area contributed by atoms with E-state index >= 15 is 0 Å². The summed E-state index contributed by atoms with van der Waals surface area (Å²) in [5.74, 6) is 0. The smallest absolute Gasteiger partial charge is 0.512 e. The van der Waals surface area contributed by atoms with Gasteiger partial charge < -0.3 is 13.0 Å². The molecule has 1 heterocycles. The van der Waals surface area contributed by atoms with Crippen molar-refractivity contribution in [3.05, 3.63) is 24.3 Å². The summed E-state index contributed by atoms with van der Waals surface area (Å²) < 4.78 is 8.73. The van der Waals surface area contributed by atoms with Crippen LogP contribution >= 0.6 is 0 Å². The topological polar surface area (TPSA) is 9.72 Å². The number of benzene rings is 1. The van der Waals surface area contributed by atoms with Gasteiger partial charge in [0.15, 0.2) is 0 Å². The summed E-state index contributed by atoms with van der Waals surface area (Å²) in [5.41, 5.74) is 3.45. The molecule has 29 heavy (non-hydrogen) atoms. The number of hydrogen-bond donors (Lipinski definition) is 0. The van der Waals surface area contributed by atoms with Gasteiger partial charge in [-0.25, -0.2) is 0 Å². The Kier molecular flexibility index (Phi) is 8.64. The molecule has 1 aromatic rings. The van der Waals surface area contributed by atoms with Crippen molar-refractivity contribution < 1.29 is 29.6 Å². The van der Waals surface area contributed by atoms with Crippen LogP contribution in [0.25, 0.3) is 0 Å². The predicted octanol–water partition coefficient (Wildman–Crippen LogP) is 3.37. The van der Waals surface area contributed by atoms with Crippen molar-refractivity contribution in [3.63, 3.8) is 0 Å². The molecule has 0 aromatic heterocycles. The molecular formula is C22H44N3NaSi3. The van der Waals surface area contributed by atoms with Crippen LogP contribution in [0.3, 0.4) is 0 Å². The molecule has 0 saturated heterocycles. The molecule has 1 aromatic carbocycles. The Balaban J connectivity index is 0.00000420. The second-order valence-corrected chi connectivity index (χ2v) is 25.8. The van der Waals surface area contributed by atoms with Crippen LogP contribution in [0, 0.1) is 10.8 Å². The van der Waals surface area contributed by atoms with Crippen LogP contribution in [0.1, 0.15) is 41.5 Å². The van der Waals surface area contributed by atoms with Crippen molar-refractivity contribution in [2.24, 2.45) is 10.8 Å². The summed E-state index contributed by atoms with van der Waals surface area (Å²) in [4.78, 5) is 0. The van der Waals surface area contributed by atoms with E-state index in [1.165, 1.54) is 11.4 Å². The molecule has 0 aliphatic carbocycles. The predicted molar refractivity (Wildman–Crippen MR) is 134 cm³/mol. The fourth-order valence-electron chi connectivity index (χ4n) is 4.39. The molecule has 0 spiro atoms. The summed E-state index contributed by atoms with van der Waals surface area (Å²) in [6.45, 7) is 31.8. The number of anilines is 2. The van der Waals surface area contributed by atoms with Crippen LogP contribution in [0.2, 0.25) is 39.3 Å². The minimum Gasteiger partial charge on any atom is -0.512 e. The van der Waals surface area contributed by atoms with E-state index in [1.54, 1.807) is 0 Å². The van der Waals surface area contributed by atoms with Crippen LogP contribution in [-0.4, -0.2) is 42.7 Å². The third-order valence-corrected chi connectivity index (χ3v) is 18.8. The molecule has 0 radical (unpaired) electrons. The van der Waals surface area contributed by atoms with Crippen molar-refractivity contribution >= 4 is 37.1 Å². The zero-order valence-corrected chi connectivity index (χ0v) is 26.6. The van der Waals surface area contributed by atoms with Gasteiger partial charge in [-0.2, -0.15) is 0 Å².